The molecule has 0 saturated carbocycles. The molecule has 2 rings (SSSR count). The fraction of sp³-hybridized carbons (Fsp3) is 0.909. The Morgan fingerprint density at radius 1 is 1.29 bits per heavy atom. The summed E-state index contributed by atoms with van der Waals surface area (Å²) in [5, 5.41) is 0. The molecule has 0 aromatic heterocycles. The third kappa shape index (κ3) is 3.26. The fourth-order valence-electron chi connectivity index (χ4n) is 2.48. The van der Waals surface area contributed by atoms with Gasteiger partial charge in [-0.15, -0.1) is 0 Å². The molecule has 2 saturated heterocycles. The summed E-state index contributed by atoms with van der Waals surface area (Å²) in [7, 11) is -2.84. The van der Waals surface area contributed by atoms with E-state index in [1.807, 2.05) is 0 Å². The summed E-state index contributed by atoms with van der Waals surface area (Å²) in [6.45, 7) is 2.91. The summed E-state index contributed by atoms with van der Waals surface area (Å²) in [6.07, 6.45) is 2.75. The molecule has 0 bridgehead atoms. The maximum atomic E-state index is 11.3. The minimum absolute atomic E-state index is 0.211. The van der Waals surface area contributed by atoms with E-state index in [0.29, 0.717) is 26.2 Å². The van der Waals surface area contributed by atoms with Crippen LogP contribution in [-0.2, 0) is 19.4 Å². The monoisotopic (exact) mass is 261 g/mol. The van der Waals surface area contributed by atoms with E-state index in [1.54, 1.807) is 0 Å². The van der Waals surface area contributed by atoms with Crippen LogP contribution in [0.3, 0.4) is 0 Å². The number of carbonyl (C=O) groups is 1. The summed E-state index contributed by atoms with van der Waals surface area (Å²) in [5.41, 5.74) is -0.417. The minimum atomic E-state index is -2.84. The van der Waals surface area contributed by atoms with Crippen molar-refractivity contribution in [2.45, 2.75) is 12.8 Å². The average molecular weight is 261 g/mol. The highest BCUT2D eigenvalue weighted by atomic mass is 32.2. The van der Waals surface area contributed by atoms with Gasteiger partial charge in [0.15, 0.2) is 9.84 Å². The summed E-state index contributed by atoms with van der Waals surface area (Å²) >= 11 is 0. The Kier molecular flexibility index (Phi) is 3.85. The van der Waals surface area contributed by atoms with Crippen molar-refractivity contribution in [2.24, 2.45) is 5.41 Å². The molecular weight excluding hydrogens is 242 g/mol. The lowest BCUT2D eigenvalue weighted by Crippen LogP contribution is -2.49. The number of nitrogens with zero attached hydrogens (tertiary/aromatic N) is 1. The van der Waals surface area contributed by atoms with Crippen molar-refractivity contribution in [1.82, 2.24) is 4.90 Å². The predicted octanol–water partition coefficient (Wildman–Crippen LogP) is -0.287. The molecule has 2 fully saturated rings. The van der Waals surface area contributed by atoms with Gasteiger partial charge in [0.25, 0.3) is 0 Å². The van der Waals surface area contributed by atoms with Gasteiger partial charge in [0.05, 0.1) is 23.5 Å². The summed E-state index contributed by atoms with van der Waals surface area (Å²) < 4.78 is 28.0. The van der Waals surface area contributed by atoms with E-state index in [2.05, 4.69) is 4.90 Å². The van der Waals surface area contributed by atoms with Crippen LogP contribution in [0.5, 0.6) is 0 Å². The van der Waals surface area contributed by atoms with Gasteiger partial charge in [0, 0.05) is 26.2 Å². The molecule has 0 N–H and O–H groups in total. The largest absolute Gasteiger partial charge is 0.380 e. The second kappa shape index (κ2) is 5.04. The number of ether oxygens (including phenoxy) is 1. The van der Waals surface area contributed by atoms with E-state index < -0.39 is 15.3 Å². The molecule has 0 aliphatic carbocycles. The van der Waals surface area contributed by atoms with Gasteiger partial charge >= 0.3 is 0 Å². The van der Waals surface area contributed by atoms with Crippen LogP contribution in [0, 0.1) is 5.41 Å². The number of aldehydes is 1. The van der Waals surface area contributed by atoms with Crippen LogP contribution in [0.2, 0.25) is 0 Å². The van der Waals surface area contributed by atoms with Crippen LogP contribution in [0.1, 0.15) is 12.8 Å². The molecule has 1 atom stereocenters. The van der Waals surface area contributed by atoms with Crippen molar-refractivity contribution >= 4 is 16.1 Å². The van der Waals surface area contributed by atoms with Crippen LogP contribution in [0.4, 0.5) is 0 Å². The normalized spacial score (nSPS) is 34.4. The first-order valence-electron chi connectivity index (χ1n) is 6.02. The third-order valence-electron chi connectivity index (χ3n) is 3.58. The van der Waals surface area contributed by atoms with Crippen molar-refractivity contribution in [3.63, 3.8) is 0 Å². The Bertz CT molecular complexity index is 359. The molecule has 2 heterocycles. The van der Waals surface area contributed by atoms with Gasteiger partial charge in [-0.3, -0.25) is 0 Å². The topological polar surface area (TPSA) is 63.7 Å². The van der Waals surface area contributed by atoms with Gasteiger partial charge in [-0.05, 0) is 12.8 Å². The fourth-order valence-corrected chi connectivity index (χ4v) is 3.76. The van der Waals surface area contributed by atoms with Crippen molar-refractivity contribution in [3.8, 4) is 0 Å². The van der Waals surface area contributed by atoms with E-state index in [-0.39, 0.29) is 11.5 Å². The van der Waals surface area contributed by atoms with Crippen LogP contribution >= 0.6 is 0 Å². The molecular formula is C11H19NO4S. The molecule has 0 aromatic carbocycles. The maximum absolute atomic E-state index is 11.3. The Balaban J connectivity index is 1.93. The molecule has 1 unspecified atom stereocenters. The molecule has 0 spiro atoms. The molecule has 0 aromatic rings. The van der Waals surface area contributed by atoms with E-state index in [1.165, 1.54) is 0 Å². The highest BCUT2D eigenvalue weighted by Crippen LogP contribution is 2.27. The Hall–Kier alpha value is -0.460. The van der Waals surface area contributed by atoms with Crippen molar-refractivity contribution in [1.29, 1.82) is 0 Å². The standard InChI is InChI=1S/C11H19NO4S/c13-9-11(2-1-5-16-10-11)8-12-3-6-17(14,15)7-4-12/h9H,1-8,10H2. The zero-order chi connectivity index (χ0) is 12.4. The quantitative estimate of drug-likeness (QED) is 0.653. The predicted molar refractivity (Wildman–Crippen MR) is 63.6 cm³/mol. The van der Waals surface area contributed by atoms with Gasteiger partial charge in [-0.2, -0.15) is 0 Å². The molecule has 0 radical (unpaired) electrons. The highest BCUT2D eigenvalue weighted by molar-refractivity contribution is 7.91. The molecule has 2 aliphatic heterocycles. The van der Waals surface area contributed by atoms with Crippen molar-refractivity contribution in [2.75, 3.05) is 44.4 Å². The molecule has 17 heavy (non-hydrogen) atoms. The Morgan fingerprint density at radius 3 is 2.53 bits per heavy atom. The lowest BCUT2D eigenvalue weighted by atomic mass is 9.83. The summed E-state index contributed by atoms with van der Waals surface area (Å²) in [6, 6.07) is 0. The van der Waals surface area contributed by atoms with Gasteiger partial charge in [0.1, 0.15) is 6.29 Å². The van der Waals surface area contributed by atoms with E-state index in [4.69, 9.17) is 4.74 Å². The van der Waals surface area contributed by atoms with Crippen LogP contribution in [0.25, 0.3) is 0 Å². The second-order valence-electron chi connectivity index (χ2n) is 5.06. The average Bonchev–Trinajstić information content (AvgIpc) is 2.33. The van der Waals surface area contributed by atoms with Gasteiger partial charge < -0.3 is 14.4 Å². The first-order chi connectivity index (χ1) is 8.05. The van der Waals surface area contributed by atoms with Crippen LogP contribution < -0.4 is 0 Å². The zero-order valence-corrected chi connectivity index (χ0v) is 10.7. The van der Waals surface area contributed by atoms with E-state index in [0.717, 1.165) is 25.7 Å². The lowest BCUT2D eigenvalue weighted by molar-refractivity contribution is -0.125. The molecule has 0 amide bonds. The number of hydrogen-bond acceptors (Lipinski definition) is 5. The Labute approximate surface area is 102 Å². The first-order valence-corrected chi connectivity index (χ1v) is 7.84. The molecule has 2 aliphatic rings. The van der Waals surface area contributed by atoms with Crippen LogP contribution in [-0.4, -0.2) is 64.0 Å². The van der Waals surface area contributed by atoms with Crippen LogP contribution in [0.15, 0.2) is 0 Å². The number of sulfone groups is 1. The minimum Gasteiger partial charge on any atom is -0.380 e. The SMILES string of the molecule is O=CC1(CN2CCS(=O)(=O)CC2)CCCOC1. The number of rotatable bonds is 3. The van der Waals surface area contributed by atoms with Gasteiger partial charge in [-0.25, -0.2) is 8.42 Å². The Morgan fingerprint density at radius 2 is 2.00 bits per heavy atom. The van der Waals surface area contributed by atoms with Gasteiger partial charge in [0.2, 0.25) is 0 Å². The van der Waals surface area contributed by atoms with Gasteiger partial charge in [-0.1, -0.05) is 0 Å². The van der Waals surface area contributed by atoms with Crippen molar-refractivity contribution in [3.05, 3.63) is 0 Å². The van der Waals surface area contributed by atoms with E-state index >= 15 is 0 Å². The summed E-state index contributed by atoms with van der Waals surface area (Å²) in [4.78, 5) is 13.3. The number of carbonyl (C=O) groups excluding carboxylic acids is 1. The second-order valence-corrected chi connectivity index (χ2v) is 7.37. The zero-order valence-electron chi connectivity index (χ0n) is 9.93. The smallest absolute Gasteiger partial charge is 0.152 e. The third-order valence-corrected chi connectivity index (χ3v) is 5.19. The number of hydrogen-bond donors (Lipinski definition) is 0. The summed E-state index contributed by atoms with van der Waals surface area (Å²) in [5.74, 6) is 0.422. The molecule has 5 nitrogen and oxygen atoms in total. The molecule has 98 valence electrons. The maximum Gasteiger partial charge on any atom is 0.152 e. The first kappa shape index (κ1) is 13.0. The molecule has 6 heteroatoms. The van der Waals surface area contributed by atoms with Crippen molar-refractivity contribution < 1.29 is 17.9 Å². The van der Waals surface area contributed by atoms with E-state index in [9.17, 15) is 13.2 Å². The highest BCUT2D eigenvalue weighted by Gasteiger charge is 2.36. The lowest BCUT2D eigenvalue weighted by Gasteiger charge is -2.38.